The molecule has 1 fully saturated rings. The first kappa shape index (κ1) is 18.9. The van der Waals surface area contributed by atoms with E-state index in [1.165, 1.54) is 0 Å². The number of rotatable bonds is 3. The van der Waals surface area contributed by atoms with Gasteiger partial charge in [0.1, 0.15) is 6.10 Å². The number of hydrogen-bond acceptors (Lipinski definition) is 8. The summed E-state index contributed by atoms with van der Waals surface area (Å²) in [5, 5.41) is 20.9. The smallest absolute Gasteiger partial charge is 0.308 e. The van der Waals surface area contributed by atoms with Crippen LogP contribution in [0.15, 0.2) is 24.3 Å². The third-order valence-electron chi connectivity index (χ3n) is 6.45. The first-order chi connectivity index (χ1) is 13.8. The number of likely N-dealkylation sites (N-methyl/N-ethyl adjacent to an activating group) is 1. The molecule has 1 aliphatic carbocycles. The highest BCUT2D eigenvalue weighted by Gasteiger charge is 2.66. The van der Waals surface area contributed by atoms with Gasteiger partial charge in [0.15, 0.2) is 17.3 Å². The summed E-state index contributed by atoms with van der Waals surface area (Å²) in [4.78, 5) is 14.1. The molecule has 29 heavy (non-hydrogen) atoms. The van der Waals surface area contributed by atoms with Crippen molar-refractivity contribution in [2.24, 2.45) is 0 Å². The third-order valence-corrected chi connectivity index (χ3v) is 6.45. The zero-order chi connectivity index (χ0) is 20.4. The molecule has 1 spiro atoms. The number of likely N-dealkylation sites (tertiary alicyclic amines) is 1. The highest BCUT2D eigenvalue weighted by atomic mass is 16.7. The predicted octanol–water partition coefficient (Wildman–Crippen LogP) is 0.829. The van der Waals surface area contributed by atoms with Crippen molar-refractivity contribution < 1.29 is 34.0 Å². The average Bonchev–Trinajstić information content (AvgIpc) is 3.19. The number of aliphatic hydroxyl groups is 2. The lowest BCUT2D eigenvalue weighted by Crippen LogP contribution is -2.59. The second-order valence-electron chi connectivity index (χ2n) is 8.41. The monoisotopic (exact) mass is 403 g/mol. The number of benzene rings is 1. The number of β-amino-alcohol motifs (C(OH)–C–C–N with tert-alkyl or cyclic N) is 1. The lowest BCUT2D eigenvalue weighted by atomic mass is 9.64. The lowest BCUT2D eigenvalue weighted by molar-refractivity contribution is -0.236. The van der Waals surface area contributed by atoms with E-state index in [-0.39, 0.29) is 25.9 Å². The summed E-state index contributed by atoms with van der Waals surface area (Å²) in [6.07, 6.45) is 3.03. The van der Waals surface area contributed by atoms with Crippen molar-refractivity contribution in [3.8, 4) is 11.5 Å². The molecule has 5 rings (SSSR count). The van der Waals surface area contributed by atoms with Gasteiger partial charge in [0.2, 0.25) is 6.79 Å². The Morgan fingerprint density at radius 3 is 2.90 bits per heavy atom. The first-order valence-corrected chi connectivity index (χ1v) is 9.89. The van der Waals surface area contributed by atoms with Crippen LogP contribution in [0.3, 0.4) is 0 Å². The normalized spacial score (nSPS) is 35.6. The number of fused-ring (bicyclic) bond motifs is 2. The Labute approximate surface area is 168 Å². The van der Waals surface area contributed by atoms with Gasteiger partial charge >= 0.3 is 5.97 Å². The molecule has 8 heteroatoms. The van der Waals surface area contributed by atoms with E-state index in [1.807, 2.05) is 31.3 Å². The average molecular weight is 403 g/mol. The molecule has 3 heterocycles. The maximum Gasteiger partial charge on any atom is 0.308 e. The van der Waals surface area contributed by atoms with Crippen molar-refractivity contribution in [3.63, 3.8) is 0 Å². The molecule has 4 aliphatic rings. The zero-order valence-electron chi connectivity index (χ0n) is 16.5. The van der Waals surface area contributed by atoms with Gasteiger partial charge in [-0.05, 0) is 43.3 Å². The standard InChI is InChI=1S/C21H25NO7/c1-12(23)5-19(24)29-14-3-4-20-15-8-17-16(26-11-27-17)6-13(15)9-28-21(20,25)10-22(2)18(20)7-14/h3-4,6,8,12,14,18,23,25H,5,7,9-11H2,1-2H3. The number of nitrogens with zero attached hydrogens (tertiary/aromatic N) is 1. The molecule has 0 bridgehead atoms. The number of esters is 1. The highest BCUT2D eigenvalue weighted by molar-refractivity contribution is 5.70. The summed E-state index contributed by atoms with van der Waals surface area (Å²) in [5.41, 5.74) is 1.10. The van der Waals surface area contributed by atoms with Crippen molar-refractivity contribution >= 4 is 5.97 Å². The molecule has 1 saturated heterocycles. The maximum absolute atomic E-state index is 12.0. The number of carbonyl (C=O) groups is 1. The van der Waals surface area contributed by atoms with Crippen LogP contribution in [0.2, 0.25) is 0 Å². The van der Waals surface area contributed by atoms with Gasteiger partial charge in [-0.1, -0.05) is 6.08 Å². The molecular formula is C21H25NO7. The van der Waals surface area contributed by atoms with Gasteiger partial charge in [-0.3, -0.25) is 9.69 Å². The summed E-state index contributed by atoms with van der Waals surface area (Å²) in [6.45, 7) is 2.35. The van der Waals surface area contributed by atoms with Crippen LogP contribution in [0.4, 0.5) is 0 Å². The fourth-order valence-electron chi connectivity index (χ4n) is 5.23. The second-order valence-corrected chi connectivity index (χ2v) is 8.41. The van der Waals surface area contributed by atoms with Crippen LogP contribution in [-0.4, -0.2) is 65.5 Å². The molecule has 0 amide bonds. The van der Waals surface area contributed by atoms with Gasteiger partial charge in [0, 0.05) is 12.5 Å². The molecule has 5 atom stereocenters. The Hall–Kier alpha value is -2.13. The minimum atomic E-state index is -1.39. The van der Waals surface area contributed by atoms with Crippen LogP contribution in [-0.2, 0) is 26.3 Å². The van der Waals surface area contributed by atoms with Crippen molar-refractivity contribution in [2.45, 2.75) is 55.8 Å². The van der Waals surface area contributed by atoms with Crippen molar-refractivity contribution in [2.75, 3.05) is 20.4 Å². The largest absolute Gasteiger partial charge is 0.458 e. The van der Waals surface area contributed by atoms with Crippen LogP contribution < -0.4 is 9.47 Å². The predicted molar refractivity (Wildman–Crippen MR) is 100 cm³/mol. The van der Waals surface area contributed by atoms with E-state index in [2.05, 4.69) is 4.90 Å². The number of carbonyl (C=O) groups excluding carboxylic acids is 1. The molecule has 0 aromatic heterocycles. The SMILES string of the molecule is CC(O)CC(=O)OC1C=CC23c4cc5c(cc4COC2(O)CN(C)C3C1)OCO5. The summed E-state index contributed by atoms with van der Waals surface area (Å²) in [6, 6.07) is 3.73. The lowest BCUT2D eigenvalue weighted by Gasteiger charge is -2.49. The second kappa shape index (κ2) is 6.43. The molecular weight excluding hydrogens is 378 g/mol. The first-order valence-electron chi connectivity index (χ1n) is 9.89. The van der Waals surface area contributed by atoms with Gasteiger partial charge in [-0.25, -0.2) is 0 Å². The third kappa shape index (κ3) is 2.70. The minimum absolute atomic E-state index is 0.0463. The van der Waals surface area contributed by atoms with Crippen LogP contribution in [0.5, 0.6) is 11.5 Å². The Morgan fingerprint density at radius 1 is 1.38 bits per heavy atom. The van der Waals surface area contributed by atoms with Crippen molar-refractivity contribution in [3.05, 3.63) is 35.4 Å². The topological polar surface area (TPSA) is 97.7 Å². The maximum atomic E-state index is 12.0. The van der Waals surface area contributed by atoms with E-state index >= 15 is 0 Å². The van der Waals surface area contributed by atoms with Crippen LogP contribution in [0.1, 0.15) is 30.9 Å². The number of hydrogen-bond donors (Lipinski definition) is 2. The number of ether oxygens (including phenoxy) is 4. The fraction of sp³-hybridized carbons (Fsp3) is 0.571. The van der Waals surface area contributed by atoms with Crippen molar-refractivity contribution in [1.29, 1.82) is 0 Å². The van der Waals surface area contributed by atoms with Gasteiger partial charge in [0.05, 0.1) is 31.1 Å². The van der Waals surface area contributed by atoms with Crippen LogP contribution >= 0.6 is 0 Å². The Balaban J connectivity index is 1.55. The van der Waals surface area contributed by atoms with Crippen LogP contribution in [0, 0.1) is 0 Å². The van der Waals surface area contributed by atoms with E-state index in [0.29, 0.717) is 24.5 Å². The quantitative estimate of drug-likeness (QED) is 0.566. The van der Waals surface area contributed by atoms with E-state index in [4.69, 9.17) is 18.9 Å². The Bertz CT molecular complexity index is 884. The molecule has 2 N–H and O–H groups in total. The molecule has 3 aliphatic heterocycles. The zero-order valence-corrected chi connectivity index (χ0v) is 16.5. The van der Waals surface area contributed by atoms with Gasteiger partial charge in [-0.15, -0.1) is 0 Å². The number of aliphatic hydroxyl groups excluding tert-OH is 1. The Morgan fingerprint density at radius 2 is 2.14 bits per heavy atom. The highest BCUT2D eigenvalue weighted by Crippen LogP contribution is 2.56. The van der Waals surface area contributed by atoms with Gasteiger partial charge in [-0.2, -0.15) is 0 Å². The minimum Gasteiger partial charge on any atom is -0.458 e. The fourth-order valence-corrected chi connectivity index (χ4v) is 5.23. The summed E-state index contributed by atoms with van der Waals surface area (Å²) in [5.74, 6) is -0.486. The van der Waals surface area contributed by atoms with Crippen molar-refractivity contribution in [1.82, 2.24) is 4.90 Å². The van der Waals surface area contributed by atoms with E-state index in [1.54, 1.807) is 6.92 Å². The van der Waals surface area contributed by atoms with Gasteiger partial charge < -0.3 is 29.2 Å². The molecule has 1 aromatic carbocycles. The van der Waals surface area contributed by atoms with Crippen LogP contribution in [0.25, 0.3) is 0 Å². The van der Waals surface area contributed by atoms with E-state index in [0.717, 1.165) is 11.1 Å². The summed E-state index contributed by atoms with van der Waals surface area (Å²) >= 11 is 0. The van der Waals surface area contributed by atoms with E-state index in [9.17, 15) is 15.0 Å². The molecule has 8 nitrogen and oxygen atoms in total. The molecule has 156 valence electrons. The Kier molecular flexibility index (Phi) is 4.19. The molecule has 0 saturated carbocycles. The van der Waals surface area contributed by atoms with E-state index < -0.39 is 29.4 Å². The molecule has 0 radical (unpaired) electrons. The summed E-state index contributed by atoms with van der Waals surface area (Å²) < 4.78 is 22.6. The molecule has 1 aromatic rings. The summed E-state index contributed by atoms with van der Waals surface area (Å²) in [7, 11) is 1.94. The molecule has 5 unspecified atom stereocenters. The van der Waals surface area contributed by atoms with Gasteiger partial charge in [0.25, 0.3) is 0 Å².